The Hall–Kier alpha value is -2.94. The third kappa shape index (κ3) is 3.51. The van der Waals surface area contributed by atoms with E-state index in [0.717, 1.165) is 28.1 Å². The standard InChI is InChI=1S/C21H19FN2/c1-15-7-6-10-20(16(15)2)23-24-21(17-8-4-3-5-9-17)18-11-13-19(22)14-12-18/h3-14,23H,1-2H3/b24-21-. The molecule has 0 bridgehead atoms. The van der Waals surface area contributed by atoms with E-state index in [1.165, 1.54) is 17.7 Å². The van der Waals surface area contributed by atoms with Crippen LogP contribution in [0.5, 0.6) is 0 Å². The number of benzene rings is 3. The molecule has 0 radical (unpaired) electrons. The van der Waals surface area contributed by atoms with E-state index in [9.17, 15) is 4.39 Å². The summed E-state index contributed by atoms with van der Waals surface area (Å²) in [6.45, 7) is 4.13. The molecule has 0 aliphatic carbocycles. The maximum Gasteiger partial charge on any atom is 0.123 e. The quantitative estimate of drug-likeness (QED) is 0.512. The van der Waals surface area contributed by atoms with Gasteiger partial charge in [-0.15, -0.1) is 0 Å². The minimum absolute atomic E-state index is 0.256. The zero-order chi connectivity index (χ0) is 16.9. The first kappa shape index (κ1) is 15.9. The number of hydrogen-bond donors (Lipinski definition) is 1. The molecule has 0 amide bonds. The van der Waals surface area contributed by atoms with Crippen LogP contribution in [0.15, 0.2) is 77.9 Å². The molecular weight excluding hydrogens is 299 g/mol. The molecule has 0 saturated carbocycles. The van der Waals surface area contributed by atoms with Gasteiger partial charge in [0, 0.05) is 11.1 Å². The highest BCUT2D eigenvalue weighted by atomic mass is 19.1. The summed E-state index contributed by atoms with van der Waals surface area (Å²) >= 11 is 0. The predicted molar refractivity (Wildman–Crippen MR) is 98.0 cm³/mol. The normalized spacial score (nSPS) is 11.4. The molecule has 0 fully saturated rings. The van der Waals surface area contributed by atoms with Crippen LogP contribution in [0.4, 0.5) is 10.1 Å². The fourth-order valence-electron chi connectivity index (χ4n) is 2.49. The summed E-state index contributed by atoms with van der Waals surface area (Å²) in [6.07, 6.45) is 0. The van der Waals surface area contributed by atoms with E-state index in [1.807, 2.05) is 42.5 Å². The van der Waals surface area contributed by atoms with Gasteiger partial charge in [-0.05, 0) is 55.3 Å². The minimum Gasteiger partial charge on any atom is -0.278 e. The Bertz CT molecular complexity index is 853. The van der Waals surface area contributed by atoms with Crippen molar-refractivity contribution in [2.45, 2.75) is 13.8 Å². The highest BCUT2D eigenvalue weighted by Gasteiger charge is 2.08. The van der Waals surface area contributed by atoms with Crippen LogP contribution in [0.3, 0.4) is 0 Å². The van der Waals surface area contributed by atoms with E-state index < -0.39 is 0 Å². The zero-order valence-corrected chi connectivity index (χ0v) is 13.8. The Morgan fingerprint density at radius 2 is 1.46 bits per heavy atom. The summed E-state index contributed by atoms with van der Waals surface area (Å²) in [5.74, 6) is -0.256. The van der Waals surface area contributed by atoms with Gasteiger partial charge in [-0.25, -0.2) is 4.39 Å². The predicted octanol–water partition coefficient (Wildman–Crippen LogP) is 5.31. The number of hydrazone groups is 1. The lowest BCUT2D eigenvalue weighted by Gasteiger charge is -2.11. The molecule has 3 rings (SSSR count). The average Bonchev–Trinajstić information content (AvgIpc) is 2.61. The van der Waals surface area contributed by atoms with Crippen LogP contribution >= 0.6 is 0 Å². The van der Waals surface area contributed by atoms with Gasteiger partial charge in [0.05, 0.1) is 11.4 Å². The molecule has 0 unspecified atom stereocenters. The van der Waals surface area contributed by atoms with Crippen LogP contribution in [-0.2, 0) is 0 Å². The molecule has 3 aromatic rings. The Morgan fingerprint density at radius 1 is 0.792 bits per heavy atom. The van der Waals surface area contributed by atoms with Crippen molar-refractivity contribution in [1.29, 1.82) is 0 Å². The molecule has 0 aromatic heterocycles. The van der Waals surface area contributed by atoms with Crippen molar-refractivity contribution in [2.75, 3.05) is 5.43 Å². The summed E-state index contributed by atoms with van der Waals surface area (Å²) in [5, 5.41) is 4.61. The highest BCUT2D eigenvalue weighted by Crippen LogP contribution is 2.19. The van der Waals surface area contributed by atoms with Gasteiger partial charge in [-0.3, -0.25) is 5.43 Å². The second kappa shape index (κ2) is 7.09. The van der Waals surface area contributed by atoms with Gasteiger partial charge in [0.15, 0.2) is 0 Å². The minimum atomic E-state index is -0.256. The molecule has 120 valence electrons. The van der Waals surface area contributed by atoms with Crippen LogP contribution in [0.2, 0.25) is 0 Å². The van der Waals surface area contributed by atoms with Gasteiger partial charge in [0.25, 0.3) is 0 Å². The lowest BCUT2D eigenvalue weighted by molar-refractivity contribution is 0.628. The average molecular weight is 318 g/mol. The lowest BCUT2D eigenvalue weighted by atomic mass is 10.0. The fraction of sp³-hybridized carbons (Fsp3) is 0.0952. The summed E-state index contributed by atoms with van der Waals surface area (Å²) < 4.78 is 13.2. The van der Waals surface area contributed by atoms with E-state index in [2.05, 4.69) is 30.4 Å². The molecule has 0 aliphatic rings. The van der Waals surface area contributed by atoms with E-state index in [4.69, 9.17) is 0 Å². The van der Waals surface area contributed by atoms with E-state index in [1.54, 1.807) is 12.1 Å². The van der Waals surface area contributed by atoms with Crippen LogP contribution in [0.25, 0.3) is 0 Å². The van der Waals surface area contributed by atoms with Crippen LogP contribution < -0.4 is 5.43 Å². The molecule has 0 spiro atoms. The summed E-state index contributed by atoms with van der Waals surface area (Å²) in [6, 6.07) is 22.3. The molecule has 0 heterocycles. The number of halogens is 1. The third-order valence-corrected chi connectivity index (χ3v) is 4.06. The van der Waals surface area contributed by atoms with Crippen molar-refractivity contribution in [3.8, 4) is 0 Å². The number of nitrogens with zero attached hydrogens (tertiary/aromatic N) is 1. The van der Waals surface area contributed by atoms with E-state index in [0.29, 0.717) is 0 Å². The second-order valence-corrected chi connectivity index (χ2v) is 5.69. The molecular formula is C21H19FN2. The Labute approximate surface area is 141 Å². The Kier molecular flexibility index (Phi) is 4.71. The maximum absolute atomic E-state index is 13.2. The smallest absolute Gasteiger partial charge is 0.123 e. The largest absolute Gasteiger partial charge is 0.278 e. The third-order valence-electron chi connectivity index (χ3n) is 4.06. The summed E-state index contributed by atoms with van der Waals surface area (Å²) in [4.78, 5) is 0. The van der Waals surface area contributed by atoms with Gasteiger partial charge in [-0.1, -0.05) is 42.5 Å². The molecule has 1 N–H and O–H groups in total. The molecule has 0 aliphatic heterocycles. The highest BCUT2D eigenvalue weighted by molar-refractivity contribution is 6.13. The number of rotatable bonds is 4. The first-order valence-electron chi connectivity index (χ1n) is 7.86. The molecule has 3 aromatic carbocycles. The molecule has 0 atom stereocenters. The van der Waals surface area contributed by atoms with Crippen LogP contribution in [-0.4, -0.2) is 5.71 Å². The van der Waals surface area contributed by atoms with Gasteiger partial charge in [0.1, 0.15) is 5.82 Å². The van der Waals surface area contributed by atoms with Crippen molar-refractivity contribution >= 4 is 11.4 Å². The van der Waals surface area contributed by atoms with Crippen molar-refractivity contribution < 1.29 is 4.39 Å². The van der Waals surface area contributed by atoms with Gasteiger partial charge < -0.3 is 0 Å². The molecule has 3 heteroatoms. The van der Waals surface area contributed by atoms with Gasteiger partial charge in [0.2, 0.25) is 0 Å². The number of nitrogens with one attached hydrogen (secondary N) is 1. The Morgan fingerprint density at radius 3 is 2.17 bits per heavy atom. The number of anilines is 1. The van der Waals surface area contributed by atoms with E-state index >= 15 is 0 Å². The first-order valence-corrected chi connectivity index (χ1v) is 7.86. The van der Waals surface area contributed by atoms with Crippen molar-refractivity contribution in [3.63, 3.8) is 0 Å². The topological polar surface area (TPSA) is 24.4 Å². The van der Waals surface area contributed by atoms with E-state index in [-0.39, 0.29) is 5.82 Å². The second-order valence-electron chi connectivity index (χ2n) is 5.69. The SMILES string of the molecule is Cc1cccc(N/N=C(/c2ccccc2)c2ccc(F)cc2)c1C. The maximum atomic E-state index is 13.2. The molecule has 0 saturated heterocycles. The zero-order valence-electron chi connectivity index (χ0n) is 13.8. The number of hydrogen-bond acceptors (Lipinski definition) is 2. The van der Waals surface area contributed by atoms with Crippen LogP contribution in [0, 0.1) is 19.7 Å². The molecule has 24 heavy (non-hydrogen) atoms. The first-order chi connectivity index (χ1) is 11.6. The van der Waals surface area contributed by atoms with Crippen molar-refractivity contribution in [2.24, 2.45) is 5.10 Å². The number of aryl methyl sites for hydroxylation is 1. The summed E-state index contributed by atoms with van der Waals surface area (Å²) in [7, 11) is 0. The Balaban J connectivity index is 2.01. The summed E-state index contributed by atoms with van der Waals surface area (Å²) in [5.41, 5.74) is 9.10. The molecule has 2 nitrogen and oxygen atoms in total. The van der Waals surface area contributed by atoms with Crippen molar-refractivity contribution in [1.82, 2.24) is 0 Å². The fourth-order valence-corrected chi connectivity index (χ4v) is 2.49. The van der Waals surface area contributed by atoms with Gasteiger partial charge >= 0.3 is 0 Å². The van der Waals surface area contributed by atoms with Gasteiger partial charge in [-0.2, -0.15) is 5.10 Å². The lowest BCUT2D eigenvalue weighted by Crippen LogP contribution is -2.07. The monoisotopic (exact) mass is 318 g/mol. The van der Waals surface area contributed by atoms with Crippen molar-refractivity contribution in [3.05, 3.63) is 101 Å². The van der Waals surface area contributed by atoms with Crippen LogP contribution in [0.1, 0.15) is 22.3 Å².